The Balaban J connectivity index is 1.87. The van der Waals surface area contributed by atoms with E-state index < -0.39 is 35.4 Å². The average molecular weight is 387 g/mol. The van der Waals surface area contributed by atoms with Crippen molar-refractivity contribution in [2.75, 3.05) is 25.6 Å². The Bertz CT molecular complexity index is 854. The lowest BCUT2D eigenvalue weighted by Gasteiger charge is -2.30. The first-order valence-electron chi connectivity index (χ1n) is 9.62. The van der Waals surface area contributed by atoms with Gasteiger partial charge in [0.1, 0.15) is 5.54 Å². The second kappa shape index (κ2) is 6.65. The minimum absolute atomic E-state index is 0.132. The second-order valence-electron chi connectivity index (χ2n) is 7.69. The summed E-state index contributed by atoms with van der Waals surface area (Å²) in [4.78, 5) is 40.8. The number of aliphatic hydroxyl groups excluding tert-OH is 1. The summed E-state index contributed by atoms with van der Waals surface area (Å²) in [6.45, 7) is 3.92. The molecule has 1 spiro atoms. The van der Waals surface area contributed by atoms with E-state index in [1.165, 1.54) is 12.0 Å². The number of methoxy groups -OCH3 is 1. The summed E-state index contributed by atoms with van der Waals surface area (Å²) >= 11 is 0. The molecule has 4 rings (SSSR count). The van der Waals surface area contributed by atoms with Gasteiger partial charge in [0.15, 0.2) is 0 Å². The zero-order valence-corrected chi connectivity index (χ0v) is 16.2. The maximum Gasteiger partial charge on any atom is 0.250 e. The molecule has 5 atom stereocenters. The van der Waals surface area contributed by atoms with Gasteiger partial charge in [-0.25, -0.2) is 0 Å². The van der Waals surface area contributed by atoms with Gasteiger partial charge in [-0.15, -0.1) is 0 Å². The van der Waals surface area contributed by atoms with Crippen LogP contribution in [0, 0.1) is 11.8 Å². The molecule has 0 unspecified atom stereocenters. The summed E-state index contributed by atoms with van der Waals surface area (Å²) in [6.07, 6.45) is -0.183. The van der Waals surface area contributed by atoms with Gasteiger partial charge >= 0.3 is 0 Å². The molecule has 2 fully saturated rings. The highest BCUT2D eigenvalue weighted by Gasteiger charge is 2.71. The van der Waals surface area contributed by atoms with Crippen molar-refractivity contribution in [2.24, 2.45) is 11.8 Å². The molecule has 1 aromatic carbocycles. The van der Waals surface area contributed by atoms with Crippen LogP contribution in [0.1, 0.15) is 25.0 Å². The van der Waals surface area contributed by atoms with E-state index in [0.717, 1.165) is 12.0 Å². The summed E-state index contributed by atoms with van der Waals surface area (Å²) in [6, 6.07) is 4.91. The maximum atomic E-state index is 13.3. The molecule has 28 heavy (non-hydrogen) atoms. The number of nitrogens with zero attached hydrogens (tertiary/aromatic N) is 1. The number of anilines is 1. The number of amides is 3. The Morgan fingerprint density at radius 1 is 1.29 bits per heavy atom. The zero-order valence-electron chi connectivity index (χ0n) is 16.2. The van der Waals surface area contributed by atoms with Gasteiger partial charge in [0, 0.05) is 24.4 Å². The van der Waals surface area contributed by atoms with Gasteiger partial charge in [0.2, 0.25) is 17.7 Å². The average Bonchev–Trinajstić information content (AvgIpc) is 3.26. The molecule has 0 aliphatic carbocycles. The summed E-state index contributed by atoms with van der Waals surface area (Å²) < 4.78 is 5.03. The van der Waals surface area contributed by atoms with Crippen molar-refractivity contribution in [3.05, 3.63) is 29.3 Å². The quantitative estimate of drug-likeness (QED) is 0.614. The van der Waals surface area contributed by atoms with Crippen LogP contribution in [0.4, 0.5) is 5.69 Å². The Morgan fingerprint density at radius 2 is 2.04 bits per heavy atom. The largest absolute Gasteiger partial charge is 0.392 e. The van der Waals surface area contributed by atoms with Gasteiger partial charge in [-0.2, -0.15) is 0 Å². The lowest BCUT2D eigenvalue weighted by atomic mass is 9.76. The highest BCUT2D eigenvalue weighted by Crippen LogP contribution is 2.53. The minimum atomic E-state index is -1.36. The molecule has 3 heterocycles. The fourth-order valence-electron chi connectivity index (χ4n) is 4.99. The number of hydrogen-bond donors (Lipinski definition) is 3. The Labute approximate surface area is 163 Å². The Hall–Kier alpha value is -2.29. The topological polar surface area (TPSA) is 108 Å². The summed E-state index contributed by atoms with van der Waals surface area (Å²) in [7, 11) is 1.50. The predicted octanol–water partition coefficient (Wildman–Crippen LogP) is -0.00340. The van der Waals surface area contributed by atoms with Crippen LogP contribution in [0.15, 0.2) is 18.2 Å². The molecule has 0 saturated carbocycles. The van der Waals surface area contributed by atoms with E-state index >= 15 is 0 Å². The van der Waals surface area contributed by atoms with Gasteiger partial charge in [0.25, 0.3) is 0 Å². The van der Waals surface area contributed by atoms with E-state index in [2.05, 4.69) is 10.6 Å². The number of carbonyl (C=O) groups is 3. The van der Waals surface area contributed by atoms with Crippen LogP contribution in [0.2, 0.25) is 0 Å². The van der Waals surface area contributed by atoms with Crippen LogP contribution in [-0.2, 0) is 31.1 Å². The number of likely N-dealkylation sites (tertiary alicyclic amines) is 1. The van der Waals surface area contributed by atoms with Crippen molar-refractivity contribution in [1.82, 2.24) is 10.2 Å². The molecule has 0 aromatic heterocycles. The fourth-order valence-corrected chi connectivity index (χ4v) is 4.99. The van der Waals surface area contributed by atoms with E-state index in [0.29, 0.717) is 11.3 Å². The first-order valence-corrected chi connectivity index (χ1v) is 9.62. The molecular formula is C20H25N3O5. The monoisotopic (exact) mass is 387 g/mol. The zero-order chi connectivity index (χ0) is 20.2. The van der Waals surface area contributed by atoms with Crippen molar-refractivity contribution < 1.29 is 24.2 Å². The third-order valence-corrected chi connectivity index (χ3v) is 6.28. The highest BCUT2D eigenvalue weighted by atomic mass is 16.5. The van der Waals surface area contributed by atoms with Crippen LogP contribution in [0.25, 0.3) is 0 Å². The number of nitrogens with one attached hydrogen (secondary N) is 2. The van der Waals surface area contributed by atoms with Crippen molar-refractivity contribution >= 4 is 23.4 Å². The molecular weight excluding hydrogens is 362 g/mol. The van der Waals surface area contributed by atoms with Gasteiger partial charge in [-0.05, 0) is 18.9 Å². The minimum Gasteiger partial charge on any atom is -0.392 e. The van der Waals surface area contributed by atoms with E-state index in [1.807, 2.05) is 25.1 Å². The van der Waals surface area contributed by atoms with E-state index in [9.17, 15) is 19.5 Å². The summed E-state index contributed by atoms with van der Waals surface area (Å²) in [5.74, 6) is -2.81. The third kappa shape index (κ3) is 2.31. The Kier molecular flexibility index (Phi) is 4.52. The number of carbonyl (C=O) groups excluding carboxylic acids is 3. The van der Waals surface area contributed by atoms with Gasteiger partial charge in [0.05, 0.1) is 31.1 Å². The lowest BCUT2D eigenvalue weighted by Crippen LogP contribution is -2.55. The third-order valence-electron chi connectivity index (χ3n) is 6.28. The molecule has 8 nitrogen and oxygen atoms in total. The number of fused-ring (bicyclic) bond motifs is 4. The second-order valence-corrected chi connectivity index (χ2v) is 7.69. The molecule has 150 valence electrons. The number of imide groups is 1. The Morgan fingerprint density at radius 3 is 2.68 bits per heavy atom. The number of rotatable bonds is 5. The molecule has 3 amide bonds. The van der Waals surface area contributed by atoms with Gasteiger partial charge in [-0.1, -0.05) is 25.1 Å². The lowest BCUT2D eigenvalue weighted by molar-refractivity contribution is -0.143. The molecule has 0 radical (unpaired) electrons. The first kappa shape index (κ1) is 19.0. The van der Waals surface area contributed by atoms with Gasteiger partial charge in [-0.3, -0.25) is 24.6 Å². The van der Waals surface area contributed by atoms with Gasteiger partial charge < -0.3 is 15.2 Å². The van der Waals surface area contributed by atoms with Crippen LogP contribution in [-0.4, -0.2) is 60.1 Å². The molecule has 8 heteroatoms. The molecule has 2 saturated heterocycles. The number of aliphatic hydroxyl groups is 1. The van der Waals surface area contributed by atoms with Crippen LogP contribution in [0.5, 0.6) is 0 Å². The van der Waals surface area contributed by atoms with Crippen molar-refractivity contribution in [3.63, 3.8) is 0 Å². The molecule has 1 aromatic rings. The maximum absolute atomic E-state index is 13.3. The predicted molar refractivity (Wildman–Crippen MR) is 100 cm³/mol. The number of aryl methyl sites for hydroxylation is 1. The smallest absolute Gasteiger partial charge is 0.250 e. The normalized spacial score (nSPS) is 32.1. The number of benzene rings is 1. The van der Waals surface area contributed by atoms with Crippen LogP contribution >= 0.6 is 0 Å². The fraction of sp³-hybridized carbons (Fsp3) is 0.550. The molecule has 3 aliphatic rings. The molecule has 3 N–H and O–H groups in total. The standard InChI is InChI=1S/C20H25N3O5/c1-4-11-6-5-7-12-16(11)21-19(27)20(12)14-13(15(22-20)10(2)24)17(25)23(18(14)26)8-9-28-3/h5-7,10,13-15,22,24H,4,8-9H2,1-3H3,(H,21,27)/t10-,13+,14+,15-,20-/m1/s1. The number of ether oxygens (including phenoxy) is 1. The number of para-hydroxylation sites is 1. The van der Waals surface area contributed by atoms with Crippen molar-refractivity contribution in [2.45, 2.75) is 38.0 Å². The molecule has 3 aliphatic heterocycles. The first-order chi connectivity index (χ1) is 13.4. The summed E-state index contributed by atoms with van der Waals surface area (Å²) in [5, 5.41) is 16.5. The van der Waals surface area contributed by atoms with Crippen molar-refractivity contribution in [3.8, 4) is 0 Å². The van der Waals surface area contributed by atoms with E-state index in [1.54, 1.807) is 6.92 Å². The van der Waals surface area contributed by atoms with Crippen LogP contribution < -0.4 is 10.6 Å². The van der Waals surface area contributed by atoms with E-state index in [4.69, 9.17) is 4.74 Å². The highest BCUT2D eigenvalue weighted by molar-refractivity contribution is 6.15. The summed E-state index contributed by atoms with van der Waals surface area (Å²) in [5.41, 5.74) is 0.976. The SMILES string of the molecule is CCc1cccc2c1NC(=O)[C@@]21N[C@H]([C@@H](C)O)[C@H]2C(=O)N(CCOC)C(=O)[C@H]21. The van der Waals surface area contributed by atoms with Crippen LogP contribution in [0.3, 0.4) is 0 Å². The number of hydrogen-bond acceptors (Lipinski definition) is 6. The molecule has 0 bridgehead atoms. The van der Waals surface area contributed by atoms with E-state index in [-0.39, 0.29) is 25.0 Å². The van der Waals surface area contributed by atoms with Crippen molar-refractivity contribution in [1.29, 1.82) is 0 Å².